The number of carbonyl (C=O) groups is 3. The van der Waals surface area contributed by atoms with Crippen LogP contribution in [0.2, 0.25) is 0 Å². The standard InChI is InChI=1S/C10H13N3O5/c1-4(2)7(8(11)14)12-9(15)5-3-6(10(16)17)18-13-5/h3-4,7H,1-2H3,(H2,11,14)(H,12,15)(H,16,17). The van der Waals surface area contributed by atoms with Crippen LogP contribution in [0.15, 0.2) is 10.6 Å². The molecule has 1 rings (SSSR count). The van der Waals surface area contributed by atoms with Crippen LogP contribution in [0.3, 0.4) is 0 Å². The lowest BCUT2D eigenvalue weighted by atomic mass is 10.0. The highest BCUT2D eigenvalue weighted by atomic mass is 16.5. The van der Waals surface area contributed by atoms with Crippen molar-refractivity contribution in [2.24, 2.45) is 11.7 Å². The molecule has 2 amide bonds. The van der Waals surface area contributed by atoms with Gasteiger partial charge in [-0.05, 0) is 5.92 Å². The molecule has 0 aliphatic heterocycles. The number of nitrogens with two attached hydrogens (primary N) is 1. The van der Waals surface area contributed by atoms with Gasteiger partial charge in [0, 0.05) is 6.07 Å². The average molecular weight is 255 g/mol. The molecule has 1 aromatic heterocycles. The Bertz CT molecular complexity index is 480. The molecule has 0 aromatic carbocycles. The number of aromatic nitrogens is 1. The minimum atomic E-state index is -1.34. The van der Waals surface area contributed by atoms with Gasteiger partial charge >= 0.3 is 5.97 Å². The topological polar surface area (TPSA) is 136 Å². The molecule has 1 atom stereocenters. The number of nitrogens with one attached hydrogen (secondary N) is 1. The van der Waals surface area contributed by atoms with Crippen molar-refractivity contribution >= 4 is 17.8 Å². The number of hydrogen-bond acceptors (Lipinski definition) is 5. The molecule has 8 nitrogen and oxygen atoms in total. The van der Waals surface area contributed by atoms with Crippen molar-refractivity contribution in [1.82, 2.24) is 10.5 Å². The second-order valence-corrected chi connectivity index (χ2v) is 3.98. The van der Waals surface area contributed by atoms with Crippen molar-refractivity contribution in [3.8, 4) is 0 Å². The first-order valence-corrected chi connectivity index (χ1v) is 5.13. The van der Waals surface area contributed by atoms with E-state index in [0.29, 0.717) is 0 Å². The lowest BCUT2D eigenvalue weighted by molar-refractivity contribution is -0.120. The number of primary amides is 1. The van der Waals surface area contributed by atoms with Crippen LogP contribution in [0.4, 0.5) is 0 Å². The van der Waals surface area contributed by atoms with E-state index in [2.05, 4.69) is 15.0 Å². The summed E-state index contributed by atoms with van der Waals surface area (Å²) in [7, 11) is 0. The van der Waals surface area contributed by atoms with E-state index in [9.17, 15) is 14.4 Å². The quantitative estimate of drug-likeness (QED) is 0.655. The second-order valence-electron chi connectivity index (χ2n) is 3.98. The Balaban J connectivity index is 2.80. The van der Waals surface area contributed by atoms with Gasteiger partial charge in [-0.25, -0.2) is 4.79 Å². The summed E-state index contributed by atoms with van der Waals surface area (Å²) in [6, 6.07) is 0.109. The summed E-state index contributed by atoms with van der Waals surface area (Å²) < 4.78 is 4.42. The van der Waals surface area contributed by atoms with Gasteiger partial charge in [-0.3, -0.25) is 9.59 Å². The molecule has 0 spiro atoms. The first kappa shape index (κ1) is 13.7. The minimum absolute atomic E-state index is 0.197. The third-order valence-electron chi connectivity index (χ3n) is 2.21. The summed E-state index contributed by atoms with van der Waals surface area (Å²) in [6.07, 6.45) is 0. The second kappa shape index (κ2) is 5.30. The maximum absolute atomic E-state index is 11.7. The fraction of sp³-hybridized carbons (Fsp3) is 0.400. The van der Waals surface area contributed by atoms with E-state index < -0.39 is 29.6 Å². The third-order valence-corrected chi connectivity index (χ3v) is 2.21. The highest BCUT2D eigenvalue weighted by molar-refractivity contribution is 5.97. The Morgan fingerprint density at radius 3 is 2.44 bits per heavy atom. The predicted octanol–water partition coefficient (Wildman–Crippen LogP) is -0.387. The van der Waals surface area contributed by atoms with Gasteiger partial charge in [0.1, 0.15) is 6.04 Å². The summed E-state index contributed by atoms with van der Waals surface area (Å²) in [5.74, 6) is -3.39. The molecule has 0 aliphatic carbocycles. The number of carboxylic acids is 1. The lowest BCUT2D eigenvalue weighted by Gasteiger charge is -2.17. The van der Waals surface area contributed by atoms with Crippen molar-refractivity contribution in [2.75, 3.05) is 0 Å². The highest BCUT2D eigenvalue weighted by Gasteiger charge is 2.24. The van der Waals surface area contributed by atoms with Crippen molar-refractivity contribution in [3.05, 3.63) is 17.5 Å². The number of hydrogen-bond donors (Lipinski definition) is 3. The van der Waals surface area contributed by atoms with Gasteiger partial charge in [-0.2, -0.15) is 0 Å². The van der Waals surface area contributed by atoms with Crippen LogP contribution in [-0.2, 0) is 4.79 Å². The van der Waals surface area contributed by atoms with Crippen LogP contribution < -0.4 is 11.1 Å². The van der Waals surface area contributed by atoms with E-state index >= 15 is 0 Å². The molecule has 0 bridgehead atoms. The number of carbonyl (C=O) groups excluding carboxylic acids is 2. The van der Waals surface area contributed by atoms with Crippen LogP contribution in [0.25, 0.3) is 0 Å². The summed E-state index contributed by atoms with van der Waals surface area (Å²) in [4.78, 5) is 33.3. The van der Waals surface area contributed by atoms with Crippen LogP contribution in [0.1, 0.15) is 34.9 Å². The number of carboxylic acid groups (broad SMARTS) is 1. The van der Waals surface area contributed by atoms with Gasteiger partial charge in [0.25, 0.3) is 5.91 Å². The molecule has 0 radical (unpaired) electrons. The number of rotatable bonds is 5. The number of nitrogens with zero attached hydrogens (tertiary/aromatic N) is 1. The largest absolute Gasteiger partial charge is 0.475 e. The minimum Gasteiger partial charge on any atom is -0.475 e. The van der Waals surface area contributed by atoms with E-state index in [0.717, 1.165) is 6.07 Å². The molecule has 1 aromatic rings. The number of aromatic carboxylic acids is 1. The first-order valence-electron chi connectivity index (χ1n) is 5.13. The maximum Gasteiger partial charge on any atom is 0.374 e. The van der Waals surface area contributed by atoms with Crippen molar-refractivity contribution < 1.29 is 24.0 Å². The first-order chi connectivity index (χ1) is 8.32. The van der Waals surface area contributed by atoms with Gasteiger partial charge in [0.15, 0.2) is 5.69 Å². The lowest BCUT2D eigenvalue weighted by Crippen LogP contribution is -2.47. The molecular weight excluding hydrogens is 242 g/mol. The van der Waals surface area contributed by atoms with Crippen LogP contribution in [0, 0.1) is 5.92 Å². The average Bonchev–Trinajstić information content (AvgIpc) is 2.73. The van der Waals surface area contributed by atoms with Crippen LogP contribution in [-0.4, -0.2) is 34.1 Å². The van der Waals surface area contributed by atoms with Gasteiger partial charge in [0.05, 0.1) is 0 Å². The van der Waals surface area contributed by atoms with E-state index in [4.69, 9.17) is 10.8 Å². The Morgan fingerprint density at radius 1 is 1.44 bits per heavy atom. The predicted molar refractivity (Wildman–Crippen MR) is 58.7 cm³/mol. The van der Waals surface area contributed by atoms with Crippen LogP contribution in [0.5, 0.6) is 0 Å². The normalized spacial score (nSPS) is 12.2. The molecule has 1 unspecified atom stereocenters. The molecule has 98 valence electrons. The van der Waals surface area contributed by atoms with E-state index in [-0.39, 0.29) is 11.6 Å². The van der Waals surface area contributed by atoms with Gasteiger partial charge in [-0.15, -0.1) is 0 Å². The molecular formula is C10H13N3O5. The van der Waals surface area contributed by atoms with E-state index in [1.165, 1.54) is 0 Å². The fourth-order valence-electron chi connectivity index (χ4n) is 1.26. The third kappa shape index (κ3) is 3.06. The Labute approximate surface area is 102 Å². The Hall–Kier alpha value is -2.38. The zero-order valence-electron chi connectivity index (χ0n) is 9.84. The molecule has 0 fully saturated rings. The summed E-state index contributed by atoms with van der Waals surface area (Å²) >= 11 is 0. The van der Waals surface area contributed by atoms with Gasteiger partial charge in [-0.1, -0.05) is 19.0 Å². The van der Waals surface area contributed by atoms with Crippen LogP contribution >= 0.6 is 0 Å². The van der Waals surface area contributed by atoms with E-state index in [1.54, 1.807) is 13.8 Å². The summed E-state index contributed by atoms with van der Waals surface area (Å²) in [5.41, 5.74) is 4.90. The molecule has 18 heavy (non-hydrogen) atoms. The summed E-state index contributed by atoms with van der Waals surface area (Å²) in [6.45, 7) is 3.42. The fourth-order valence-corrected chi connectivity index (χ4v) is 1.26. The monoisotopic (exact) mass is 255 g/mol. The molecule has 1 heterocycles. The maximum atomic E-state index is 11.7. The molecule has 0 saturated heterocycles. The Kier molecular flexibility index (Phi) is 4.03. The summed E-state index contributed by atoms with van der Waals surface area (Å²) in [5, 5.41) is 14.2. The smallest absolute Gasteiger partial charge is 0.374 e. The number of amides is 2. The molecule has 4 N–H and O–H groups in total. The molecule has 0 saturated carbocycles. The van der Waals surface area contributed by atoms with Gasteiger partial charge < -0.3 is 20.7 Å². The van der Waals surface area contributed by atoms with Crippen molar-refractivity contribution in [1.29, 1.82) is 0 Å². The van der Waals surface area contributed by atoms with E-state index in [1.807, 2.05) is 0 Å². The van der Waals surface area contributed by atoms with Crippen molar-refractivity contribution in [3.63, 3.8) is 0 Å². The molecule has 8 heteroatoms. The molecule has 0 aliphatic rings. The van der Waals surface area contributed by atoms with Gasteiger partial charge in [0.2, 0.25) is 11.7 Å². The highest BCUT2D eigenvalue weighted by Crippen LogP contribution is 2.06. The SMILES string of the molecule is CC(C)C(NC(=O)c1cc(C(=O)O)on1)C(N)=O. The van der Waals surface area contributed by atoms with Crippen molar-refractivity contribution in [2.45, 2.75) is 19.9 Å². The zero-order valence-corrected chi connectivity index (χ0v) is 9.84. The Morgan fingerprint density at radius 2 is 2.06 bits per heavy atom. The zero-order chi connectivity index (χ0) is 13.9.